The Morgan fingerprint density at radius 3 is 2.65 bits per heavy atom. The van der Waals surface area contributed by atoms with E-state index >= 15 is 0 Å². The molecule has 1 amide bonds. The molecule has 6 nitrogen and oxygen atoms in total. The van der Waals surface area contributed by atoms with Crippen LogP contribution in [0.15, 0.2) is 21.7 Å². The molecule has 0 unspecified atom stereocenters. The van der Waals surface area contributed by atoms with Crippen LogP contribution in [-0.2, 0) is 19.6 Å². The summed E-state index contributed by atoms with van der Waals surface area (Å²) in [5.41, 5.74) is 0. The molecule has 0 spiro atoms. The predicted molar refractivity (Wildman–Crippen MR) is 78.2 cm³/mol. The Bertz CT molecular complexity index is 512. The minimum absolute atomic E-state index is 0.160. The summed E-state index contributed by atoms with van der Waals surface area (Å²) in [5.74, 6) is -0.510. The van der Waals surface area contributed by atoms with E-state index in [1.54, 1.807) is 25.3 Å². The van der Waals surface area contributed by atoms with E-state index in [-0.39, 0.29) is 16.0 Å². The van der Waals surface area contributed by atoms with Crippen molar-refractivity contribution in [1.82, 2.24) is 10.0 Å². The molecule has 8 heteroatoms. The molecule has 0 fully saturated rings. The number of sulfonamides is 1. The van der Waals surface area contributed by atoms with E-state index in [1.165, 1.54) is 13.2 Å². The average Bonchev–Trinajstić information content (AvgIpc) is 2.90. The first-order chi connectivity index (χ1) is 9.38. The molecule has 114 valence electrons. The van der Waals surface area contributed by atoms with Crippen LogP contribution in [-0.4, -0.2) is 40.6 Å². The fourth-order valence-corrected chi connectivity index (χ4v) is 3.87. The molecule has 2 N–H and O–H groups in total. The summed E-state index contributed by atoms with van der Waals surface area (Å²) < 4.78 is 31.8. The van der Waals surface area contributed by atoms with Gasteiger partial charge in [-0.1, -0.05) is 19.9 Å². The number of thiophene rings is 1. The number of methoxy groups -OCH3 is 1. The van der Waals surface area contributed by atoms with Gasteiger partial charge in [0.1, 0.15) is 10.3 Å². The standard InChI is InChI=1S/C12H20N2O4S2/c1-9(2)11(12(15)13-6-7-18-3)14-20(16,17)10-5-4-8-19-10/h4-5,8-9,11,14H,6-7H2,1-3H3,(H,13,15)/t11-/m0/s1. The Hall–Kier alpha value is -0.960. The van der Waals surface area contributed by atoms with E-state index in [4.69, 9.17) is 4.74 Å². The summed E-state index contributed by atoms with van der Waals surface area (Å²) >= 11 is 1.11. The van der Waals surface area contributed by atoms with Gasteiger partial charge in [0.2, 0.25) is 5.91 Å². The molecule has 1 aromatic heterocycles. The molecule has 0 aromatic carbocycles. The quantitative estimate of drug-likeness (QED) is 0.694. The van der Waals surface area contributed by atoms with Crippen LogP contribution in [0.2, 0.25) is 0 Å². The van der Waals surface area contributed by atoms with Crippen LogP contribution >= 0.6 is 11.3 Å². The van der Waals surface area contributed by atoms with Crippen molar-refractivity contribution in [3.8, 4) is 0 Å². The summed E-state index contributed by atoms with van der Waals surface area (Å²) in [6.45, 7) is 4.31. The Kier molecular flexibility index (Phi) is 6.60. The van der Waals surface area contributed by atoms with Crippen LogP contribution in [0, 0.1) is 5.92 Å². The van der Waals surface area contributed by atoms with Crippen molar-refractivity contribution in [2.75, 3.05) is 20.3 Å². The summed E-state index contributed by atoms with van der Waals surface area (Å²) in [7, 11) is -2.13. The number of amides is 1. The molecular weight excluding hydrogens is 300 g/mol. The maximum absolute atomic E-state index is 12.1. The number of carbonyl (C=O) groups excluding carboxylic acids is 1. The second-order valence-corrected chi connectivity index (χ2v) is 7.45. The van der Waals surface area contributed by atoms with Gasteiger partial charge in [-0.05, 0) is 17.4 Å². The second-order valence-electron chi connectivity index (χ2n) is 4.56. The number of ether oxygens (including phenoxy) is 1. The molecule has 20 heavy (non-hydrogen) atoms. The van der Waals surface area contributed by atoms with E-state index in [1.807, 2.05) is 0 Å². The molecule has 1 rings (SSSR count). The molecule has 0 aliphatic carbocycles. The highest BCUT2D eigenvalue weighted by atomic mass is 32.2. The molecule has 0 saturated heterocycles. The Morgan fingerprint density at radius 2 is 2.15 bits per heavy atom. The second kappa shape index (κ2) is 7.72. The molecule has 0 bridgehead atoms. The Morgan fingerprint density at radius 1 is 1.45 bits per heavy atom. The van der Waals surface area contributed by atoms with E-state index in [2.05, 4.69) is 10.0 Å². The van der Waals surface area contributed by atoms with Gasteiger partial charge in [-0.3, -0.25) is 4.79 Å². The van der Waals surface area contributed by atoms with E-state index < -0.39 is 16.1 Å². The summed E-state index contributed by atoms with van der Waals surface area (Å²) in [4.78, 5) is 12.0. The predicted octanol–water partition coefficient (Wildman–Crippen LogP) is 0.814. The van der Waals surface area contributed by atoms with Crippen molar-refractivity contribution < 1.29 is 17.9 Å². The molecule has 0 saturated carbocycles. The molecule has 0 aliphatic heterocycles. The maximum atomic E-state index is 12.1. The Labute approximate surface area is 123 Å². The number of hydrogen-bond donors (Lipinski definition) is 2. The van der Waals surface area contributed by atoms with Gasteiger partial charge in [0.25, 0.3) is 10.0 Å². The first-order valence-electron chi connectivity index (χ1n) is 6.21. The highest BCUT2D eigenvalue weighted by Gasteiger charge is 2.28. The summed E-state index contributed by atoms with van der Waals surface area (Å²) in [5, 5.41) is 4.32. The van der Waals surface area contributed by atoms with Crippen LogP contribution in [0.3, 0.4) is 0 Å². The summed E-state index contributed by atoms with van der Waals surface area (Å²) in [6, 6.07) is 2.36. The van der Waals surface area contributed by atoms with Gasteiger partial charge in [-0.25, -0.2) is 8.42 Å². The van der Waals surface area contributed by atoms with Crippen molar-refractivity contribution in [3.63, 3.8) is 0 Å². The SMILES string of the molecule is COCCNC(=O)[C@@H](NS(=O)(=O)c1cccs1)C(C)C. The minimum atomic E-state index is -3.66. The third-order valence-corrected chi connectivity index (χ3v) is 5.44. The molecule has 1 atom stereocenters. The molecule has 1 aromatic rings. The van der Waals surface area contributed by atoms with Gasteiger partial charge in [-0.2, -0.15) is 4.72 Å². The van der Waals surface area contributed by atoms with Crippen molar-refractivity contribution in [1.29, 1.82) is 0 Å². The third-order valence-electron chi connectivity index (χ3n) is 2.60. The van der Waals surface area contributed by atoms with Crippen LogP contribution in [0.5, 0.6) is 0 Å². The molecule has 1 heterocycles. The maximum Gasteiger partial charge on any atom is 0.250 e. The fraction of sp³-hybridized carbons (Fsp3) is 0.583. The van der Waals surface area contributed by atoms with Crippen molar-refractivity contribution in [2.45, 2.75) is 24.1 Å². The smallest absolute Gasteiger partial charge is 0.250 e. The van der Waals surface area contributed by atoms with Gasteiger partial charge >= 0.3 is 0 Å². The van der Waals surface area contributed by atoms with Crippen molar-refractivity contribution >= 4 is 27.3 Å². The van der Waals surface area contributed by atoms with Gasteiger partial charge < -0.3 is 10.1 Å². The van der Waals surface area contributed by atoms with Crippen molar-refractivity contribution in [3.05, 3.63) is 17.5 Å². The lowest BCUT2D eigenvalue weighted by atomic mass is 10.1. The fourth-order valence-electron chi connectivity index (χ4n) is 1.52. The zero-order valence-electron chi connectivity index (χ0n) is 11.8. The normalized spacial score (nSPS) is 13.4. The van der Waals surface area contributed by atoms with E-state index in [9.17, 15) is 13.2 Å². The van der Waals surface area contributed by atoms with Crippen LogP contribution in [0.1, 0.15) is 13.8 Å². The lowest BCUT2D eigenvalue weighted by Gasteiger charge is -2.21. The lowest BCUT2D eigenvalue weighted by molar-refractivity contribution is -0.123. The van der Waals surface area contributed by atoms with Gasteiger partial charge in [0.15, 0.2) is 0 Å². The van der Waals surface area contributed by atoms with Gasteiger partial charge in [0.05, 0.1) is 6.61 Å². The van der Waals surface area contributed by atoms with Crippen molar-refractivity contribution in [2.24, 2.45) is 5.92 Å². The number of rotatable bonds is 8. The topological polar surface area (TPSA) is 84.5 Å². The molecular formula is C12H20N2O4S2. The zero-order chi connectivity index (χ0) is 15.2. The lowest BCUT2D eigenvalue weighted by Crippen LogP contribution is -2.50. The largest absolute Gasteiger partial charge is 0.383 e. The first kappa shape index (κ1) is 17.1. The van der Waals surface area contributed by atoms with Crippen LogP contribution < -0.4 is 10.0 Å². The van der Waals surface area contributed by atoms with E-state index in [0.717, 1.165) is 11.3 Å². The highest BCUT2D eigenvalue weighted by Crippen LogP contribution is 2.17. The number of hydrogen-bond acceptors (Lipinski definition) is 5. The molecule has 0 radical (unpaired) electrons. The zero-order valence-corrected chi connectivity index (χ0v) is 13.4. The van der Waals surface area contributed by atoms with E-state index in [0.29, 0.717) is 13.2 Å². The third kappa shape index (κ3) is 4.86. The number of carbonyl (C=O) groups is 1. The van der Waals surface area contributed by atoms with Gasteiger partial charge in [0, 0.05) is 13.7 Å². The number of nitrogens with one attached hydrogen (secondary N) is 2. The first-order valence-corrected chi connectivity index (χ1v) is 8.57. The highest BCUT2D eigenvalue weighted by molar-refractivity contribution is 7.91. The van der Waals surface area contributed by atoms with Crippen LogP contribution in [0.25, 0.3) is 0 Å². The monoisotopic (exact) mass is 320 g/mol. The molecule has 0 aliphatic rings. The minimum Gasteiger partial charge on any atom is -0.383 e. The Balaban J connectivity index is 2.75. The summed E-state index contributed by atoms with van der Waals surface area (Å²) in [6.07, 6.45) is 0. The average molecular weight is 320 g/mol. The van der Waals surface area contributed by atoms with Gasteiger partial charge in [-0.15, -0.1) is 11.3 Å². The van der Waals surface area contributed by atoms with Crippen LogP contribution in [0.4, 0.5) is 0 Å².